The topological polar surface area (TPSA) is 58.8 Å². The summed E-state index contributed by atoms with van der Waals surface area (Å²) in [6.45, 7) is 4.25. The highest BCUT2D eigenvalue weighted by molar-refractivity contribution is 5.93. The molecule has 7 heteroatoms. The fourth-order valence-electron chi connectivity index (χ4n) is 2.91. The van der Waals surface area contributed by atoms with Crippen molar-refractivity contribution in [3.63, 3.8) is 0 Å². The third-order valence-corrected chi connectivity index (χ3v) is 4.26. The maximum Gasteiger partial charge on any atom is 0.276 e. The molecule has 3 rings (SSSR count). The third kappa shape index (κ3) is 3.12. The number of rotatable bonds is 3. The Morgan fingerprint density at radius 2 is 2.17 bits per heavy atom. The Hall–Kier alpha value is -2.41. The zero-order chi connectivity index (χ0) is 17.3. The first kappa shape index (κ1) is 16.4. The SMILES string of the molecule is COc1ccc(-c2cc(C(=O)N3CCN(C)CC3C)no2)c(F)c1. The van der Waals surface area contributed by atoms with Crippen molar-refractivity contribution < 1.29 is 18.4 Å². The van der Waals surface area contributed by atoms with Crippen LogP contribution in [-0.4, -0.2) is 60.7 Å². The zero-order valence-corrected chi connectivity index (χ0v) is 14.0. The molecule has 1 amide bonds. The molecule has 0 radical (unpaired) electrons. The summed E-state index contributed by atoms with van der Waals surface area (Å²) in [6, 6.07) is 6.01. The van der Waals surface area contributed by atoms with Gasteiger partial charge in [0.05, 0.1) is 12.7 Å². The van der Waals surface area contributed by atoms with Gasteiger partial charge < -0.3 is 19.1 Å². The van der Waals surface area contributed by atoms with E-state index < -0.39 is 5.82 Å². The highest BCUT2D eigenvalue weighted by atomic mass is 19.1. The molecule has 1 aromatic carbocycles. The predicted octanol–water partition coefficient (Wildman–Crippen LogP) is 2.27. The maximum absolute atomic E-state index is 14.1. The Morgan fingerprint density at radius 1 is 1.38 bits per heavy atom. The van der Waals surface area contributed by atoms with Crippen molar-refractivity contribution in [3.05, 3.63) is 35.8 Å². The van der Waals surface area contributed by atoms with Crippen LogP contribution < -0.4 is 4.74 Å². The molecule has 1 aromatic heterocycles. The molecule has 1 saturated heterocycles. The van der Waals surface area contributed by atoms with Crippen LogP contribution in [0.25, 0.3) is 11.3 Å². The minimum Gasteiger partial charge on any atom is -0.497 e. The van der Waals surface area contributed by atoms with Gasteiger partial charge in [-0.25, -0.2) is 4.39 Å². The average Bonchev–Trinajstić information content (AvgIpc) is 3.03. The minimum atomic E-state index is -0.488. The maximum atomic E-state index is 14.1. The summed E-state index contributed by atoms with van der Waals surface area (Å²) in [7, 11) is 3.50. The molecule has 0 saturated carbocycles. The standard InChI is InChI=1S/C17H20FN3O3/c1-11-10-20(2)6-7-21(11)17(22)15-9-16(24-19-15)13-5-4-12(23-3)8-14(13)18/h4-5,8-9,11H,6-7,10H2,1-3H3. The molecule has 128 valence electrons. The van der Waals surface area contributed by atoms with E-state index in [-0.39, 0.29) is 29.0 Å². The summed E-state index contributed by atoms with van der Waals surface area (Å²) in [5.74, 6) is -0.0457. The molecule has 0 bridgehead atoms. The molecule has 0 spiro atoms. The number of carbonyl (C=O) groups excluding carboxylic acids is 1. The lowest BCUT2D eigenvalue weighted by atomic mass is 10.1. The highest BCUT2D eigenvalue weighted by Crippen LogP contribution is 2.27. The monoisotopic (exact) mass is 333 g/mol. The summed E-state index contributed by atoms with van der Waals surface area (Å²) in [6.07, 6.45) is 0. The Labute approximate surface area is 139 Å². The van der Waals surface area contributed by atoms with Gasteiger partial charge in [-0.05, 0) is 26.1 Å². The lowest BCUT2D eigenvalue weighted by Gasteiger charge is -2.37. The Balaban J connectivity index is 1.81. The predicted molar refractivity (Wildman–Crippen MR) is 86.4 cm³/mol. The fourth-order valence-corrected chi connectivity index (χ4v) is 2.91. The number of aromatic nitrogens is 1. The molecular weight excluding hydrogens is 313 g/mol. The molecule has 1 aliphatic rings. The number of hydrogen-bond acceptors (Lipinski definition) is 5. The van der Waals surface area contributed by atoms with E-state index in [0.717, 1.165) is 13.1 Å². The van der Waals surface area contributed by atoms with Gasteiger partial charge in [-0.1, -0.05) is 5.16 Å². The Morgan fingerprint density at radius 3 is 2.83 bits per heavy atom. The van der Waals surface area contributed by atoms with Crippen LogP contribution in [0.3, 0.4) is 0 Å². The molecule has 6 nitrogen and oxygen atoms in total. The number of benzene rings is 1. The average molecular weight is 333 g/mol. The number of halogens is 1. The molecule has 1 fully saturated rings. The van der Waals surface area contributed by atoms with Gasteiger partial charge in [0.25, 0.3) is 5.91 Å². The molecule has 0 N–H and O–H groups in total. The molecular formula is C17H20FN3O3. The molecule has 1 aliphatic heterocycles. The third-order valence-electron chi connectivity index (χ3n) is 4.26. The van der Waals surface area contributed by atoms with Gasteiger partial charge in [0.1, 0.15) is 11.6 Å². The van der Waals surface area contributed by atoms with Gasteiger partial charge in [-0.15, -0.1) is 0 Å². The van der Waals surface area contributed by atoms with E-state index >= 15 is 0 Å². The van der Waals surface area contributed by atoms with Crippen molar-refractivity contribution in [1.29, 1.82) is 0 Å². The number of amides is 1. The number of ether oxygens (including phenoxy) is 1. The van der Waals surface area contributed by atoms with Gasteiger partial charge in [-0.3, -0.25) is 4.79 Å². The number of nitrogens with zero attached hydrogens (tertiary/aromatic N) is 3. The van der Waals surface area contributed by atoms with Crippen LogP contribution in [0, 0.1) is 5.82 Å². The van der Waals surface area contributed by atoms with Gasteiger partial charge in [0, 0.05) is 37.8 Å². The quantitative estimate of drug-likeness (QED) is 0.862. The van der Waals surface area contributed by atoms with Crippen LogP contribution in [0.15, 0.2) is 28.8 Å². The van der Waals surface area contributed by atoms with Crippen molar-refractivity contribution in [3.8, 4) is 17.1 Å². The van der Waals surface area contributed by atoms with Crippen LogP contribution in [0.1, 0.15) is 17.4 Å². The van der Waals surface area contributed by atoms with Crippen molar-refractivity contribution >= 4 is 5.91 Å². The number of likely N-dealkylation sites (N-methyl/N-ethyl adjacent to an activating group) is 1. The minimum absolute atomic E-state index is 0.0918. The van der Waals surface area contributed by atoms with E-state index in [1.54, 1.807) is 17.0 Å². The molecule has 1 atom stereocenters. The first-order valence-corrected chi connectivity index (χ1v) is 7.79. The molecule has 2 aromatic rings. The highest BCUT2D eigenvalue weighted by Gasteiger charge is 2.28. The van der Waals surface area contributed by atoms with Crippen LogP contribution in [0.5, 0.6) is 5.75 Å². The second-order valence-electron chi connectivity index (χ2n) is 6.03. The number of piperazine rings is 1. The van der Waals surface area contributed by atoms with Crippen molar-refractivity contribution in [2.45, 2.75) is 13.0 Å². The summed E-state index contributed by atoms with van der Waals surface area (Å²) in [5, 5.41) is 3.83. The smallest absolute Gasteiger partial charge is 0.276 e. The van der Waals surface area contributed by atoms with Crippen molar-refractivity contribution in [1.82, 2.24) is 15.0 Å². The normalized spacial score (nSPS) is 18.7. The second-order valence-corrected chi connectivity index (χ2v) is 6.03. The van der Waals surface area contributed by atoms with E-state index in [1.807, 2.05) is 14.0 Å². The van der Waals surface area contributed by atoms with E-state index in [4.69, 9.17) is 9.26 Å². The van der Waals surface area contributed by atoms with Gasteiger partial charge in [0.2, 0.25) is 0 Å². The number of hydrogen-bond donors (Lipinski definition) is 0. The van der Waals surface area contributed by atoms with Crippen LogP contribution in [0.2, 0.25) is 0 Å². The van der Waals surface area contributed by atoms with Crippen LogP contribution >= 0.6 is 0 Å². The van der Waals surface area contributed by atoms with E-state index in [0.29, 0.717) is 12.3 Å². The van der Waals surface area contributed by atoms with E-state index in [2.05, 4.69) is 10.1 Å². The van der Waals surface area contributed by atoms with Crippen molar-refractivity contribution in [2.24, 2.45) is 0 Å². The largest absolute Gasteiger partial charge is 0.497 e. The lowest BCUT2D eigenvalue weighted by Crippen LogP contribution is -2.52. The summed E-state index contributed by atoms with van der Waals surface area (Å²) >= 11 is 0. The van der Waals surface area contributed by atoms with Gasteiger partial charge >= 0.3 is 0 Å². The zero-order valence-electron chi connectivity index (χ0n) is 14.0. The molecule has 1 unspecified atom stereocenters. The summed E-state index contributed by atoms with van der Waals surface area (Å²) in [4.78, 5) is 16.6. The van der Waals surface area contributed by atoms with Crippen LogP contribution in [-0.2, 0) is 0 Å². The van der Waals surface area contributed by atoms with Gasteiger partial charge in [0.15, 0.2) is 11.5 Å². The molecule has 2 heterocycles. The Bertz CT molecular complexity index is 746. The number of methoxy groups -OCH3 is 1. The van der Waals surface area contributed by atoms with E-state index in [9.17, 15) is 9.18 Å². The van der Waals surface area contributed by atoms with Gasteiger partial charge in [-0.2, -0.15) is 0 Å². The first-order chi connectivity index (χ1) is 11.5. The summed E-state index contributed by atoms with van der Waals surface area (Å²) < 4.78 is 24.3. The molecule has 0 aliphatic carbocycles. The summed E-state index contributed by atoms with van der Waals surface area (Å²) in [5.41, 5.74) is 0.436. The lowest BCUT2D eigenvalue weighted by molar-refractivity contribution is 0.0523. The van der Waals surface area contributed by atoms with Crippen molar-refractivity contribution in [2.75, 3.05) is 33.8 Å². The second kappa shape index (κ2) is 6.60. The van der Waals surface area contributed by atoms with Crippen LogP contribution in [0.4, 0.5) is 4.39 Å². The number of carbonyl (C=O) groups is 1. The first-order valence-electron chi connectivity index (χ1n) is 7.79. The Kier molecular flexibility index (Phi) is 4.53. The molecule has 24 heavy (non-hydrogen) atoms. The van der Waals surface area contributed by atoms with E-state index in [1.165, 1.54) is 19.2 Å². The fraction of sp³-hybridized carbons (Fsp3) is 0.412.